The van der Waals surface area contributed by atoms with Crippen LogP contribution in [0.25, 0.3) is 0 Å². The second-order valence-corrected chi connectivity index (χ2v) is 6.73. The van der Waals surface area contributed by atoms with Gasteiger partial charge in [0.05, 0.1) is 11.1 Å². The SMILES string of the molecule is CC(C)C[C@H](O)C1CCN(c2ccc(Cl)c(C(=O)O)n2)CC1. The highest BCUT2D eigenvalue weighted by Crippen LogP contribution is 2.28. The van der Waals surface area contributed by atoms with Gasteiger partial charge in [-0.3, -0.25) is 0 Å². The third kappa shape index (κ3) is 4.11. The van der Waals surface area contributed by atoms with Crippen LogP contribution in [-0.4, -0.2) is 40.4 Å². The van der Waals surface area contributed by atoms with Gasteiger partial charge in [0.25, 0.3) is 0 Å². The summed E-state index contributed by atoms with van der Waals surface area (Å²) in [5, 5.41) is 19.5. The number of aliphatic hydroxyl groups excluding tert-OH is 1. The van der Waals surface area contributed by atoms with E-state index >= 15 is 0 Å². The first-order valence-electron chi connectivity index (χ1n) is 7.71. The second kappa shape index (κ2) is 7.29. The van der Waals surface area contributed by atoms with E-state index in [1.54, 1.807) is 12.1 Å². The normalized spacial score (nSPS) is 17.8. The molecule has 2 N–H and O–H groups in total. The molecule has 0 aromatic carbocycles. The average Bonchev–Trinajstić information content (AvgIpc) is 2.47. The van der Waals surface area contributed by atoms with E-state index in [0.29, 0.717) is 17.7 Å². The van der Waals surface area contributed by atoms with Gasteiger partial charge in [0.15, 0.2) is 5.69 Å². The Morgan fingerprint density at radius 2 is 2.05 bits per heavy atom. The summed E-state index contributed by atoms with van der Waals surface area (Å²) in [4.78, 5) is 17.3. The standard InChI is InChI=1S/C16H23ClN2O3/c1-10(2)9-13(20)11-5-7-19(8-6-11)14-4-3-12(17)15(18-14)16(21)22/h3-4,10-11,13,20H,5-9H2,1-2H3,(H,21,22)/t13-/m0/s1. The molecular weight excluding hydrogens is 304 g/mol. The Bertz CT molecular complexity index is 528. The zero-order chi connectivity index (χ0) is 16.3. The molecule has 1 aromatic rings. The fraction of sp³-hybridized carbons (Fsp3) is 0.625. The molecule has 6 heteroatoms. The average molecular weight is 327 g/mol. The van der Waals surface area contributed by atoms with Crippen molar-refractivity contribution >= 4 is 23.4 Å². The lowest BCUT2D eigenvalue weighted by molar-refractivity contribution is 0.0691. The molecule has 22 heavy (non-hydrogen) atoms. The van der Waals surface area contributed by atoms with Crippen molar-refractivity contribution in [3.8, 4) is 0 Å². The van der Waals surface area contributed by atoms with Crippen LogP contribution in [0.1, 0.15) is 43.6 Å². The summed E-state index contributed by atoms with van der Waals surface area (Å²) < 4.78 is 0. The number of hydrogen-bond donors (Lipinski definition) is 2. The Morgan fingerprint density at radius 3 is 2.59 bits per heavy atom. The van der Waals surface area contributed by atoms with Gasteiger partial charge < -0.3 is 15.1 Å². The van der Waals surface area contributed by atoms with E-state index in [4.69, 9.17) is 16.7 Å². The van der Waals surface area contributed by atoms with Gasteiger partial charge in [0.1, 0.15) is 5.82 Å². The van der Waals surface area contributed by atoms with E-state index in [9.17, 15) is 9.90 Å². The molecule has 1 atom stereocenters. The quantitative estimate of drug-likeness (QED) is 0.870. The van der Waals surface area contributed by atoms with Crippen LogP contribution in [0.4, 0.5) is 5.82 Å². The number of carbonyl (C=O) groups is 1. The summed E-state index contributed by atoms with van der Waals surface area (Å²) in [6.45, 7) is 5.77. The summed E-state index contributed by atoms with van der Waals surface area (Å²) in [6, 6.07) is 3.33. The van der Waals surface area contributed by atoms with Crippen LogP contribution < -0.4 is 4.90 Å². The van der Waals surface area contributed by atoms with Gasteiger partial charge in [-0.1, -0.05) is 25.4 Å². The maximum atomic E-state index is 11.1. The van der Waals surface area contributed by atoms with Crippen molar-refractivity contribution < 1.29 is 15.0 Å². The number of anilines is 1. The topological polar surface area (TPSA) is 73.7 Å². The molecular formula is C16H23ClN2O3. The zero-order valence-corrected chi connectivity index (χ0v) is 13.8. The first kappa shape index (κ1) is 17.0. The first-order chi connectivity index (χ1) is 10.4. The minimum Gasteiger partial charge on any atom is -0.476 e. The lowest BCUT2D eigenvalue weighted by Gasteiger charge is -2.35. The highest BCUT2D eigenvalue weighted by molar-refractivity contribution is 6.33. The number of piperidine rings is 1. The van der Waals surface area contributed by atoms with Crippen molar-refractivity contribution in [3.05, 3.63) is 22.8 Å². The van der Waals surface area contributed by atoms with Crippen LogP contribution in [0, 0.1) is 11.8 Å². The van der Waals surface area contributed by atoms with Crippen molar-refractivity contribution in [2.45, 2.75) is 39.2 Å². The number of aliphatic hydroxyl groups is 1. The van der Waals surface area contributed by atoms with Crippen LogP contribution in [0.3, 0.4) is 0 Å². The molecule has 0 unspecified atom stereocenters. The molecule has 2 heterocycles. The third-order valence-electron chi connectivity index (χ3n) is 4.15. The molecule has 1 aromatic heterocycles. The summed E-state index contributed by atoms with van der Waals surface area (Å²) in [6.07, 6.45) is 2.35. The van der Waals surface area contributed by atoms with Crippen molar-refractivity contribution in [2.75, 3.05) is 18.0 Å². The number of carboxylic acid groups (broad SMARTS) is 1. The van der Waals surface area contributed by atoms with Crippen LogP contribution in [0.5, 0.6) is 0 Å². The number of halogens is 1. The summed E-state index contributed by atoms with van der Waals surface area (Å²) >= 11 is 5.85. The molecule has 1 fully saturated rings. The third-order valence-corrected chi connectivity index (χ3v) is 4.46. The lowest BCUT2D eigenvalue weighted by atomic mass is 9.87. The van der Waals surface area contributed by atoms with E-state index < -0.39 is 5.97 Å². The van der Waals surface area contributed by atoms with E-state index in [0.717, 1.165) is 32.4 Å². The molecule has 0 saturated carbocycles. The number of rotatable bonds is 5. The highest BCUT2D eigenvalue weighted by atomic mass is 35.5. The Balaban J connectivity index is 2.00. The van der Waals surface area contributed by atoms with E-state index in [-0.39, 0.29) is 16.8 Å². The second-order valence-electron chi connectivity index (χ2n) is 6.33. The van der Waals surface area contributed by atoms with E-state index in [1.807, 2.05) is 0 Å². The van der Waals surface area contributed by atoms with Crippen LogP contribution >= 0.6 is 11.6 Å². The molecule has 1 aliphatic heterocycles. The van der Waals surface area contributed by atoms with Gasteiger partial charge in [-0.2, -0.15) is 0 Å². The largest absolute Gasteiger partial charge is 0.476 e. The number of pyridine rings is 1. The molecule has 122 valence electrons. The number of aromatic carboxylic acids is 1. The van der Waals surface area contributed by atoms with Crippen molar-refractivity contribution in [3.63, 3.8) is 0 Å². The molecule has 2 rings (SSSR count). The van der Waals surface area contributed by atoms with Gasteiger partial charge in [0.2, 0.25) is 0 Å². The van der Waals surface area contributed by atoms with Gasteiger partial charge >= 0.3 is 5.97 Å². The maximum Gasteiger partial charge on any atom is 0.356 e. The Morgan fingerprint density at radius 1 is 1.41 bits per heavy atom. The van der Waals surface area contributed by atoms with E-state index in [1.165, 1.54) is 0 Å². The number of nitrogens with zero attached hydrogens (tertiary/aromatic N) is 2. The predicted octanol–water partition coefficient (Wildman–Crippen LogP) is 3.06. The Hall–Kier alpha value is -1.33. The fourth-order valence-corrected chi connectivity index (χ4v) is 3.13. The van der Waals surface area contributed by atoms with Gasteiger partial charge in [-0.15, -0.1) is 0 Å². The molecule has 0 radical (unpaired) electrons. The zero-order valence-electron chi connectivity index (χ0n) is 13.0. The summed E-state index contributed by atoms with van der Waals surface area (Å²) in [7, 11) is 0. The highest BCUT2D eigenvalue weighted by Gasteiger charge is 2.26. The molecule has 0 bridgehead atoms. The molecule has 1 saturated heterocycles. The molecule has 1 aliphatic rings. The predicted molar refractivity (Wildman–Crippen MR) is 86.6 cm³/mol. The summed E-state index contributed by atoms with van der Waals surface area (Å²) in [5.41, 5.74) is -0.110. The molecule has 0 aliphatic carbocycles. The maximum absolute atomic E-state index is 11.1. The number of aromatic nitrogens is 1. The van der Waals surface area contributed by atoms with Gasteiger partial charge in [-0.25, -0.2) is 9.78 Å². The van der Waals surface area contributed by atoms with Crippen LogP contribution in [0.15, 0.2) is 12.1 Å². The fourth-order valence-electron chi connectivity index (χ4n) is 2.95. The Kier molecular flexibility index (Phi) is 5.64. The lowest BCUT2D eigenvalue weighted by Crippen LogP contribution is -2.38. The first-order valence-corrected chi connectivity index (χ1v) is 8.09. The smallest absolute Gasteiger partial charge is 0.356 e. The van der Waals surface area contributed by atoms with Crippen molar-refractivity contribution in [1.29, 1.82) is 0 Å². The minimum absolute atomic E-state index is 0.110. The van der Waals surface area contributed by atoms with Crippen molar-refractivity contribution in [1.82, 2.24) is 4.98 Å². The Labute approximate surface area is 135 Å². The minimum atomic E-state index is -1.12. The number of carboxylic acids is 1. The molecule has 5 nitrogen and oxygen atoms in total. The van der Waals surface area contributed by atoms with Gasteiger partial charge in [-0.05, 0) is 43.2 Å². The molecule has 0 amide bonds. The monoisotopic (exact) mass is 326 g/mol. The van der Waals surface area contributed by atoms with Crippen LogP contribution in [0.2, 0.25) is 5.02 Å². The van der Waals surface area contributed by atoms with Gasteiger partial charge in [0, 0.05) is 13.1 Å². The van der Waals surface area contributed by atoms with E-state index in [2.05, 4.69) is 23.7 Å². The van der Waals surface area contributed by atoms with Crippen LogP contribution in [-0.2, 0) is 0 Å². The van der Waals surface area contributed by atoms with Crippen molar-refractivity contribution in [2.24, 2.45) is 11.8 Å². The number of hydrogen-bond acceptors (Lipinski definition) is 4. The summed E-state index contributed by atoms with van der Waals surface area (Å²) in [5.74, 6) is 0.321. The molecule has 0 spiro atoms.